The Balaban J connectivity index is 0.000000206. The lowest BCUT2D eigenvalue weighted by Crippen LogP contribution is -2.32. The fourth-order valence-corrected chi connectivity index (χ4v) is 4.08. The molecule has 2 aromatic rings. The maximum absolute atomic E-state index is 13.4. The smallest absolute Gasteiger partial charge is 0.282 e. The topological polar surface area (TPSA) is 120 Å². The van der Waals surface area contributed by atoms with Crippen LogP contribution in [0.5, 0.6) is 11.5 Å². The van der Waals surface area contributed by atoms with Crippen LogP contribution < -0.4 is 30.7 Å². The monoisotopic (exact) mass is 536 g/mol. The molecule has 2 aliphatic heterocycles. The van der Waals surface area contributed by atoms with Gasteiger partial charge in [0.25, 0.3) is 12.0 Å². The van der Waals surface area contributed by atoms with Crippen molar-refractivity contribution >= 4 is 35.0 Å². The van der Waals surface area contributed by atoms with E-state index in [1.165, 1.54) is 13.2 Å². The van der Waals surface area contributed by atoms with Crippen molar-refractivity contribution in [1.82, 2.24) is 0 Å². The standard InChI is InChI=1S/C13H18FN3O2.C12H16ClN3O2/c1-3-17(7-9-8-19-13(15)16-9)10-4-5-11(14)12(6-10)18-2;1-16(6-8-7-18-12(14)15-8)9-3-4-10(13)11(5-9)17-2/h4-6,9H,3,7-8H2,1-2H3,(H2,15,16);3-5,8H,6-7H2,1-2H3,(H2,14,15)/t9-;8-/m11/s1. The summed E-state index contributed by atoms with van der Waals surface area (Å²) in [5.74, 6) is 0.530. The third-order valence-electron chi connectivity index (χ3n) is 5.84. The third-order valence-corrected chi connectivity index (χ3v) is 6.15. The second-order valence-corrected chi connectivity index (χ2v) is 8.83. The van der Waals surface area contributed by atoms with Crippen molar-refractivity contribution in [2.45, 2.75) is 19.0 Å². The van der Waals surface area contributed by atoms with Gasteiger partial charge in [0.2, 0.25) is 0 Å². The molecule has 0 saturated heterocycles. The Morgan fingerprint density at radius 1 is 0.946 bits per heavy atom. The summed E-state index contributed by atoms with van der Waals surface area (Å²) in [5.41, 5.74) is 12.9. The minimum absolute atomic E-state index is 0.0102. The summed E-state index contributed by atoms with van der Waals surface area (Å²) >= 11 is 5.99. The summed E-state index contributed by atoms with van der Waals surface area (Å²) in [4.78, 5) is 12.5. The number of halogens is 2. The molecule has 0 fully saturated rings. The van der Waals surface area contributed by atoms with Crippen LogP contribution >= 0.6 is 11.6 Å². The van der Waals surface area contributed by atoms with Crippen molar-refractivity contribution in [2.75, 3.05) is 63.9 Å². The number of amidine groups is 2. The SMILES string of the molecule is CCN(C[C@@H]1COC(N)=N1)c1ccc(F)c(OC)c1.COc1cc(N(C)C[C@@H]2COC(N)=N2)ccc1Cl. The van der Waals surface area contributed by atoms with Gasteiger partial charge in [0.05, 0.1) is 19.2 Å². The Hall–Kier alpha value is -3.60. The van der Waals surface area contributed by atoms with Gasteiger partial charge in [-0.15, -0.1) is 0 Å². The van der Waals surface area contributed by atoms with E-state index in [1.807, 2.05) is 32.2 Å². The predicted molar refractivity (Wildman–Crippen MR) is 145 cm³/mol. The van der Waals surface area contributed by atoms with Crippen molar-refractivity contribution in [3.05, 3.63) is 47.2 Å². The van der Waals surface area contributed by atoms with Gasteiger partial charge in [-0.2, -0.15) is 0 Å². The normalized spacial score (nSPS) is 18.0. The number of nitrogens with zero attached hydrogens (tertiary/aromatic N) is 4. The van der Waals surface area contributed by atoms with Crippen LogP contribution in [-0.2, 0) is 9.47 Å². The Bertz CT molecular complexity index is 1120. The average molecular weight is 537 g/mol. The second-order valence-electron chi connectivity index (χ2n) is 8.42. The van der Waals surface area contributed by atoms with Gasteiger partial charge in [0, 0.05) is 50.2 Å². The number of aliphatic imine (C=N–C) groups is 2. The zero-order valence-electron chi connectivity index (χ0n) is 21.5. The molecule has 0 aliphatic carbocycles. The quantitative estimate of drug-likeness (QED) is 0.502. The number of methoxy groups -OCH3 is 2. The summed E-state index contributed by atoms with van der Waals surface area (Å²) in [7, 11) is 5.03. The Kier molecular flexibility index (Phi) is 9.90. The van der Waals surface area contributed by atoms with Gasteiger partial charge in [-0.25, -0.2) is 14.4 Å². The van der Waals surface area contributed by atoms with E-state index in [0.717, 1.165) is 24.5 Å². The lowest BCUT2D eigenvalue weighted by atomic mass is 10.2. The van der Waals surface area contributed by atoms with Crippen molar-refractivity contribution in [3.8, 4) is 11.5 Å². The second kappa shape index (κ2) is 13.1. The summed E-state index contributed by atoms with van der Waals surface area (Å²) in [6, 6.07) is 11.0. The first kappa shape index (κ1) is 28.0. The lowest BCUT2D eigenvalue weighted by molar-refractivity contribution is 0.313. The molecule has 2 aliphatic rings. The van der Waals surface area contributed by atoms with Gasteiger partial charge >= 0.3 is 0 Å². The Morgan fingerprint density at radius 3 is 2.05 bits per heavy atom. The molecule has 0 saturated carbocycles. The third kappa shape index (κ3) is 7.69. The maximum atomic E-state index is 13.4. The summed E-state index contributed by atoms with van der Waals surface area (Å²) in [6.45, 7) is 5.22. The highest BCUT2D eigenvalue weighted by Gasteiger charge is 2.21. The predicted octanol–water partition coefficient (Wildman–Crippen LogP) is 2.87. The van der Waals surface area contributed by atoms with Crippen LogP contribution in [0, 0.1) is 5.82 Å². The molecule has 4 N–H and O–H groups in total. The van der Waals surface area contributed by atoms with Crippen LogP contribution in [0.15, 0.2) is 46.4 Å². The highest BCUT2D eigenvalue weighted by molar-refractivity contribution is 6.32. The number of nitrogens with two attached hydrogens (primary N) is 2. The first-order valence-electron chi connectivity index (χ1n) is 11.8. The van der Waals surface area contributed by atoms with E-state index < -0.39 is 0 Å². The summed E-state index contributed by atoms with van der Waals surface area (Å²) in [6.07, 6.45) is 0. The zero-order chi connectivity index (χ0) is 26.9. The van der Waals surface area contributed by atoms with E-state index >= 15 is 0 Å². The number of ether oxygens (including phenoxy) is 4. The lowest BCUT2D eigenvalue weighted by Gasteiger charge is -2.25. The number of hydrogen-bond donors (Lipinski definition) is 2. The molecule has 4 rings (SSSR count). The molecule has 0 bridgehead atoms. The fourth-order valence-electron chi connectivity index (χ4n) is 3.88. The number of rotatable bonds is 9. The molecule has 0 aromatic heterocycles. The van der Waals surface area contributed by atoms with Gasteiger partial charge in [-0.3, -0.25) is 0 Å². The van der Waals surface area contributed by atoms with E-state index in [1.54, 1.807) is 19.2 Å². The highest BCUT2D eigenvalue weighted by Crippen LogP contribution is 2.29. The molecule has 202 valence electrons. The molecule has 2 atom stereocenters. The van der Waals surface area contributed by atoms with Crippen LogP contribution in [0.25, 0.3) is 0 Å². The van der Waals surface area contributed by atoms with E-state index in [9.17, 15) is 4.39 Å². The molecular weight excluding hydrogens is 503 g/mol. The number of hydrogen-bond acceptors (Lipinski definition) is 10. The molecule has 10 nitrogen and oxygen atoms in total. The average Bonchev–Trinajstić information content (AvgIpc) is 3.50. The number of anilines is 2. The van der Waals surface area contributed by atoms with Crippen LogP contribution in [-0.4, -0.2) is 78.2 Å². The van der Waals surface area contributed by atoms with Crippen LogP contribution in [0.3, 0.4) is 0 Å². The molecule has 0 amide bonds. The molecule has 12 heteroatoms. The van der Waals surface area contributed by atoms with E-state index in [4.69, 9.17) is 42.0 Å². The Morgan fingerprint density at radius 2 is 1.51 bits per heavy atom. The largest absolute Gasteiger partial charge is 0.495 e. The summed E-state index contributed by atoms with van der Waals surface area (Å²) < 4.78 is 33.8. The summed E-state index contributed by atoms with van der Waals surface area (Å²) in [5, 5.41) is 0.598. The van der Waals surface area contributed by atoms with Crippen LogP contribution in [0.2, 0.25) is 5.02 Å². The molecule has 0 radical (unpaired) electrons. The number of likely N-dealkylation sites (N-methyl/N-ethyl adjacent to an activating group) is 2. The van der Waals surface area contributed by atoms with Crippen molar-refractivity contribution < 1.29 is 23.3 Å². The zero-order valence-corrected chi connectivity index (χ0v) is 22.2. The van der Waals surface area contributed by atoms with Crippen molar-refractivity contribution in [1.29, 1.82) is 0 Å². The van der Waals surface area contributed by atoms with Gasteiger partial charge < -0.3 is 40.2 Å². The minimum atomic E-state index is -0.367. The minimum Gasteiger partial charge on any atom is -0.495 e. The molecule has 2 heterocycles. The first-order valence-corrected chi connectivity index (χ1v) is 12.2. The molecule has 37 heavy (non-hydrogen) atoms. The van der Waals surface area contributed by atoms with E-state index in [-0.39, 0.29) is 35.7 Å². The van der Waals surface area contributed by atoms with Gasteiger partial charge in [-0.05, 0) is 31.2 Å². The van der Waals surface area contributed by atoms with Crippen LogP contribution in [0.1, 0.15) is 6.92 Å². The molecule has 0 spiro atoms. The molecule has 0 unspecified atom stereocenters. The van der Waals surface area contributed by atoms with E-state index in [2.05, 4.69) is 19.8 Å². The van der Waals surface area contributed by atoms with Gasteiger partial charge in [0.1, 0.15) is 31.0 Å². The molecule has 2 aromatic carbocycles. The highest BCUT2D eigenvalue weighted by atomic mass is 35.5. The first-order chi connectivity index (χ1) is 17.7. The fraction of sp³-hybridized carbons (Fsp3) is 0.440. The molecular formula is C25H34ClFN6O4. The number of benzene rings is 2. The maximum Gasteiger partial charge on any atom is 0.282 e. The van der Waals surface area contributed by atoms with Crippen molar-refractivity contribution in [3.63, 3.8) is 0 Å². The Labute approximate surface area is 221 Å². The van der Waals surface area contributed by atoms with Crippen LogP contribution in [0.4, 0.5) is 15.8 Å². The van der Waals surface area contributed by atoms with Gasteiger partial charge in [0.15, 0.2) is 11.6 Å². The van der Waals surface area contributed by atoms with Crippen molar-refractivity contribution in [2.24, 2.45) is 21.5 Å². The van der Waals surface area contributed by atoms with E-state index in [0.29, 0.717) is 30.5 Å². The van der Waals surface area contributed by atoms with Gasteiger partial charge in [-0.1, -0.05) is 11.6 Å².